The minimum atomic E-state index is -0.238. The fourth-order valence-corrected chi connectivity index (χ4v) is 4.01. The van der Waals surface area contributed by atoms with E-state index in [2.05, 4.69) is 71.1 Å². The van der Waals surface area contributed by atoms with Gasteiger partial charge >= 0.3 is 0 Å². The lowest BCUT2D eigenvalue weighted by atomic mass is 9.80. The number of aryl methyl sites for hydroxylation is 2. The van der Waals surface area contributed by atoms with Crippen LogP contribution in [0, 0.1) is 13.8 Å². The predicted octanol–water partition coefficient (Wildman–Crippen LogP) is 4.55. The van der Waals surface area contributed by atoms with Crippen LogP contribution in [-0.2, 0) is 5.54 Å². The first kappa shape index (κ1) is 16.8. The summed E-state index contributed by atoms with van der Waals surface area (Å²) in [5, 5.41) is 16.7. The summed E-state index contributed by atoms with van der Waals surface area (Å²) in [6, 6.07) is 16.8. The number of hydrogen-bond acceptors (Lipinski definition) is 4. The van der Waals surface area contributed by atoms with Crippen molar-refractivity contribution in [2.45, 2.75) is 51.5 Å². The molecule has 0 bridgehead atoms. The number of benzene rings is 2. The molecule has 2 aromatic carbocycles. The van der Waals surface area contributed by atoms with Crippen LogP contribution >= 0.6 is 0 Å². The van der Waals surface area contributed by atoms with Crippen LogP contribution in [0.2, 0.25) is 0 Å². The molecular formula is C21H25N5. The van der Waals surface area contributed by atoms with Crippen LogP contribution in [0.3, 0.4) is 0 Å². The number of hydrogen-bond donors (Lipinski definition) is 1. The summed E-state index contributed by atoms with van der Waals surface area (Å²) in [6.07, 6.45) is 5.70. The highest BCUT2D eigenvalue weighted by Gasteiger charge is 2.39. The van der Waals surface area contributed by atoms with Gasteiger partial charge in [-0.25, -0.2) is 0 Å². The normalized spacial score (nSPS) is 16.4. The molecule has 5 heteroatoms. The fraction of sp³-hybridized carbons (Fsp3) is 0.381. The highest BCUT2D eigenvalue weighted by atomic mass is 15.6. The zero-order valence-corrected chi connectivity index (χ0v) is 15.4. The molecule has 0 spiro atoms. The van der Waals surface area contributed by atoms with Gasteiger partial charge in [-0.2, -0.15) is 4.68 Å². The van der Waals surface area contributed by atoms with Crippen LogP contribution < -0.4 is 5.32 Å². The fourth-order valence-electron chi connectivity index (χ4n) is 4.01. The van der Waals surface area contributed by atoms with E-state index in [1.54, 1.807) is 0 Å². The van der Waals surface area contributed by atoms with Gasteiger partial charge in [-0.15, -0.1) is 5.10 Å². The maximum atomic E-state index is 4.49. The lowest BCUT2D eigenvalue weighted by Gasteiger charge is -2.37. The van der Waals surface area contributed by atoms with Crippen molar-refractivity contribution in [1.82, 2.24) is 20.2 Å². The number of anilines is 1. The zero-order valence-electron chi connectivity index (χ0n) is 15.4. The summed E-state index contributed by atoms with van der Waals surface area (Å²) in [5.41, 5.74) is 4.36. The topological polar surface area (TPSA) is 55.6 Å². The van der Waals surface area contributed by atoms with Crippen molar-refractivity contribution in [3.8, 4) is 5.69 Å². The second kappa shape index (κ2) is 6.90. The molecule has 0 amide bonds. The second-order valence-corrected chi connectivity index (χ2v) is 7.34. The van der Waals surface area contributed by atoms with E-state index in [1.807, 2.05) is 16.8 Å². The Hall–Kier alpha value is -2.69. The van der Waals surface area contributed by atoms with Gasteiger partial charge in [0.1, 0.15) is 0 Å². The van der Waals surface area contributed by atoms with Crippen molar-refractivity contribution in [2.75, 3.05) is 5.32 Å². The minimum Gasteiger partial charge on any atom is -0.373 e. The van der Waals surface area contributed by atoms with Gasteiger partial charge in [-0.3, -0.25) is 0 Å². The molecule has 0 unspecified atom stereocenters. The third kappa shape index (κ3) is 3.09. The molecule has 1 aliphatic rings. The lowest BCUT2D eigenvalue weighted by molar-refractivity contribution is 0.309. The van der Waals surface area contributed by atoms with E-state index in [0.29, 0.717) is 0 Å². The van der Waals surface area contributed by atoms with Crippen LogP contribution in [-0.4, -0.2) is 20.2 Å². The maximum absolute atomic E-state index is 4.49. The number of nitrogens with one attached hydrogen (secondary N) is 1. The van der Waals surface area contributed by atoms with Crippen LogP contribution in [0.25, 0.3) is 5.69 Å². The molecule has 0 atom stereocenters. The number of tetrazole rings is 1. The molecule has 1 heterocycles. The van der Waals surface area contributed by atoms with E-state index in [1.165, 1.54) is 30.4 Å². The van der Waals surface area contributed by atoms with Crippen molar-refractivity contribution in [1.29, 1.82) is 0 Å². The summed E-state index contributed by atoms with van der Waals surface area (Å²) in [5.74, 6) is 0.910. The van der Waals surface area contributed by atoms with Gasteiger partial charge in [-0.05, 0) is 66.4 Å². The van der Waals surface area contributed by atoms with Crippen molar-refractivity contribution < 1.29 is 0 Å². The SMILES string of the molecule is Cc1cccc(NC2(c3nnnn3-c3ccccc3C)CCCCC2)c1. The first-order chi connectivity index (χ1) is 12.7. The minimum absolute atomic E-state index is 0.238. The standard InChI is InChI=1S/C21H25N5/c1-16-9-8-11-18(15-16)22-21(13-6-3-7-14-21)20-23-24-25-26(20)19-12-5-4-10-17(19)2/h4-5,8-12,15,22H,3,6-7,13-14H2,1-2H3. The van der Waals surface area contributed by atoms with E-state index < -0.39 is 0 Å². The first-order valence-corrected chi connectivity index (χ1v) is 9.38. The van der Waals surface area contributed by atoms with E-state index in [0.717, 1.165) is 30.0 Å². The number of para-hydroxylation sites is 1. The first-order valence-electron chi connectivity index (χ1n) is 9.38. The second-order valence-electron chi connectivity index (χ2n) is 7.34. The molecule has 3 aromatic rings. The number of rotatable bonds is 4. The van der Waals surface area contributed by atoms with E-state index in [9.17, 15) is 0 Å². The molecule has 26 heavy (non-hydrogen) atoms. The molecule has 5 nitrogen and oxygen atoms in total. The van der Waals surface area contributed by atoms with Crippen LogP contribution in [0.4, 0.5) is 5.69 Å². The van der Waals surface area contributed by atoms with E-state index in [4.69, 9.17) is 0 Å². The Morgan fingerprint density at radius 3 is 2.54 bits per heavy atom. The Morgan fingerprint density at radius 1 is 0.962 bits per heavy atom. The number of nitrogens with zero attached hydrogens (tertiary/aromatic N) is 4. The molecular weight excluding hydrogens is 322 g/mol. The van der Waals surface area contributed by atoms with Crippen molar-refractivity contribution >= 4 is 5.69 Å². The van der Waals surface area contributed by atoms with Gasteiger partial charge in [0.15, 0.2) is 5.82 Å². The molecule has 0 radical (unpaired) electrons. The molecule has 0 aliphatic heterocycles. The Kier molecular flexibility index (Phi) is 4.45. The van der Waals surface area contributed by atoms with Gasteiger partial charge in [-0.1, -0.05) is 49.6 Å². The molecule has 1 fully saturated rings. The highest BCUT2D eigenvalue weighted by Crippen LogP contribution is 2.39. The number of aromatic nitrogens is 4. The third-order valence-electron chi connectivity index (χ3n) is 5.35. The molecule has 1 saturated carbocycles. The quantitative estimate of drug-likeness (QED) is 0.752. The highest BCUT2D eigenvalue weighted by molar-refractivity contribution is 5.49. The van der Waals surface area contributed by atoms with Crippen molar-refractivity contribution in [3.05, 3.63) is 65.5 Å². The average Bonchev–Trinajstić information content (AvgIpc) is 3.13. The Morgan fingerprint density at radius 2 is 1.77 bits per heavy atom. The third-order valence-corrected chi connectivity index (χ3v) is 5.35. The Bertz CT molecular complexity index is 893. The van der Waals surface area contributed by atoms with Gasteiger partial charge in [0.25, 0.3) is 0 Å². The molecule has 4 rings (SSSR count). The lowest BCUT2D eigenvalue weighted by Crippen LogP contribution is -2.40. The largest absolute Gasteiger partial charge is 0.373 e. The summed E-state index contributed by atoms with van der Waals surface area (Å²) < 4.78 is 1.92. The Labute approximate surface area is 154 Å². The van der Waals surface area contributed by atoms with E-state index >= 15 is 0 Å². The predicted molar refractivity (Wildman–Crippen MR) is 103 cm³/mol. The van der Waals surface area contributed by atoms with Crippen LogP contribution in [0.5, 0.6) is 0 Å². The summed E-state index contributed by atoms with van der Waals surface area (Å²) in [7, 11) is 0. The van der Waals surface area contributed by atoms with Gasteiger partial charge in [0, 0.05) is 5.69 Å². The van der Waals surface area contributed by atoms with Crippen LogP contribution in [0.15, 0.2) is 48.5 Å². The zero-order chi connectivity index (χ0) is 18.0. The smallest absolute Gasteiger partial charge is 0.181 e. The van der Waals surface area contributed by atoms with Gasteiger partial charge in [0.2, 0.25) is 0 Å². The Balaban J connectivity index is 1.79. The molecule has 1 N–H and O–H groups in total. The summed E-state index contributed by atoms with van der Waals surface area (Å²) in [4.78, 5) is 0. The average molecular weight is 347 g/mol. The summed E-state index contributed by atoms with van der Waals surface area (Å²) >= 11 is 0. The maximum Gasteiger partial charge on any atom is 0.181 e. The van der Waals surface area contributed by atoms with Crippen molar-refractivity contribution in [2.24, 2.45) is 0 Å². The molecule has 1 aliphatic carbocycles. The molecule has 134 valence electrons. The molecule has 0 saturated heterocycles. The van der Waals surface area contributed by atoms with E-state index in [-0.39, 0.29) is 5.54 Å². The van der Waals surface area contributed by atoms with Gasteiger partial charge < -0.3 is 5.32 Å². The molecule has 1 aromatic heterocycles. The van der Waals surface area contributed by atoms with Crippen LogP contribution in [0.1, 0.15) is 49.1 Å². The van der Waals surface area contributed by atoms with Crippen molar-refractivity contribution in [3.63, 3.8) is 0 Å². The summed E-state index contributed by atoms with van der Waals surface area (Å²) in [6.45, 7) is 4.22. The van der Waals surface area contributed by atoms with Gasteiger partial charge in [0.05, 0.1) is 11.2 Å². The monoisotopic (exact) mass is 347 g/mol.